The molecule has 1 atom stereocenters. The predicted octanol–water partition coefficient (Wildman–Crippen LogP) is 7.30. The molecule has 0 radical (unpaired) electrons. The number of amides is 1. The number of ether oxygens (including phenoxy) is 2. The van der Waals surface area contributed by atoms with Crippen LogP contribution < -0.4 is 10.1 Å². The van der Waals surface area contributed by atoms with Crippen molar-refractivity contribution in [2.24, 2.45) is 0 Å². The van der Waals surface area contributed by atoms with Gasteiger partial charge in [0.2, 0.25) is 0 Å². The Morgan fingerprint density at radius 3 is 2.05 bits per heavy atom. The van der Waals surface area contributed by atoms with E-state index in [2.05, 4.69) is 60.3 Å². The molecule has 0 aliphatic carbocycles. The fourth-order valence-corrected chi connectivity index (χ4v) is 4.20. The van der Waals surface area contributed by atoms with Gasteiger partial charge in [-0.1, -0.05) is 81.6 Å². The Morgan fingerprint density at radius 1 is 0.811 bits per heavy atom. The Hall–Kier alpha value is -3.60. The lowest BCUT2D eigenvalue weighted by Crippen LogP contribution is -2.26. The lowest BCUT2D eigenvalue weighted by atomic mass is 10.0. The average Bonchev–Trinajstić information content (AvgIpc) is 2.95. The number of aryl methyl sites for hydroxylation is 1. The van der Waals surface area contributed by atoms with E-state index in [9.17, 15) is 9.59 Å². The minimum atomic E-state index is -0.346. The summed E-state index contributed by atoms with van der Waals surface area (Å²) in [6.45, 7) is 4.62. The molecule has 5 nitrogen and oxygen atoms in total. The van der Waals surface area contributed by atoms with Crippen molar-refractivity contribution in [1.82, 2.24) is 5.32 Å². The largest absolute Gasteiger partial charge is 0.486 e. The topological polar surface area (TPSA) is 64.6 Å². The number of carbonyl (C=O) groups is 2. The number of nitrogens with one attached hydrogen (secondary N) is 1. The number of rotatable bonds is 14. The Balaban J connectivity index is 1.67. The van der Waals surface area contributed by atoms with Crippen LogP contribution in [-0.2, 0) is 16.0 Å². The zero-order chi connectivity index (χ0) is 26.5. The van der Waals surface area contributed by atoms with E-state index >= 15 is 0 Å². The molecule has 196 valence electrons. The normalized spacial score (nSPS) is 11.5. The van der Waals surface area contributed by atoms with Gasteiger partial charge in [0.25, 0.3) is 5.91 Å². The van der Waals surface area contributed by atoms with Gasteiger partial charge < -0.3 is 14.8 Å². The van der Waals surface area contributed by atoms with E-state index in [-0.39, 0.29) is 30.9 Å². The number of esters is 1. The molecule has 1 N–H and O–H groups in total. The Bertz CT molecular complexity index is 1110. The molecule has 0 aliphatic heterocycles. The van der Waals surface area contributed by atoms with Crippen molar-refractivity contribution in [3.63, 3.8) is 0 Å². The first-order valence-corrected chi connectivity index (χ1v) is 13.3. The number of methoxy groups -OCH3 is 1. The molecule has 0 spiro atoms. The number of hydrogen-bond donors (Lipinski definition) is 1. The number of carbonyl (C=O) groups excluding carboxylic acids is 2. The molecule has 0 saturated carbocycles. The van der Waals surface area contributed by atoms with E-state index in [1.807, 2.05) is 36.4 Å². The molecule has 37 heavy (non-hydrogen) atoms. The van der Waals surface area contributed by atoms with E-state index in [1.54, 1.807) is 0 Å². The third-order valence-corrected chi connectivity index (χ3v) is 6.54. The highest BCUT2D eigenvalue weighted by atomic mass is 16.5. The lowest BCUT2D eigenvalue weighted by Gasteiger charge is -2.20. The standard InChI is InChI=1S/C32H39NO4/c1-4-6-7-8-9-30(27-14-16-28(17-15-27)32(35)33-23-22-31(34)36-3)37-29-20-18-26(19-21-29)25-12-10-24(5-2)11-13-25/h10-21,30H,4-9,22-23H2,1-3H3,(H,33,35). The molecule has 3 rings (SSSR count). The van der Waals surface area contributed by atoms with Crippen molar-refractivity contribution in [1.29, 1.82) is 0 Å². The van der Waals surface area contributed by atoms with Crippen LogP contribution in [-0.4, -0.2) is 25.5 Å². The first-order valence-electron chi connectivity index (χ1n) is 13.3. The van der Waals surface area contributed by atoms with Crippen LogP contribution in [0.4, 0.5) is 0 Å². The SMILES string of the molecule is CCCCCCC(Oc1ccc(-c2ccc(CC)cc2)cc1)c1ccc(C(=O)NCCC(=O)OC)cc1. The van der Waals surface area contributed by atoms with Gasteiger partial charge in [-0.15, -0.1) is 0 Å². The summed E-state index contributed by atoms with van der Waals surface area (Å²) in [7, 11) is 1.34. The maximum Gasteiger partial charge on any atom is 0.307 e. The highest BCUT2D eigenvalue weighted by Crippen LogP contribution is 2.29. The minimum absolute atomic E-state index is 0.0945. The fourth-order valence-electron chi connectivity index (χ4n) is 4.20. The van der Waals surface area contributed by atoms with Gasteiger partial charge in [-0.05, 0) is 65.8 Å². The zero-order valence-electron chi connectivity index (χ0n) is 22.3. The third kappa shape index (κ3) is 8.78. The van der Waals surface area contributed by atoms with Crippen molar-refractivity contribution in [2.45, 2.75) is 64.9 Å². The first kappa shape index (κ1) is 28.0. The van der Waals surface area contributed by atoms with Crippen LogP contribution in [0.15, 0.2) is 72.8 Å². The summed E-state index contributed by atoms with van der Waals surface area (Å²) >= 11 is 0. The summed E-state index contributed by atoms with van der Waals surface area (Å²) in [5, 5.41) is 2.76. The smallest absolute Gasteiger partial charge is 0.307 e. The molecule has 0 bridgehead atoms. The summed E-state index contributed by atoms with van der Waals surface area (Å²) in [6, 6.07) is 24.5. The minimum Gasteiger partial charge on any atom is -0.486 e. The van der Waals surface area contributed by atoms with Gasteiger partial charge in [-0.2, -0.15) is 0 Å². The number of unbranched alkanes of at least 4 members (excludes halogenated alkanes) is 3. The van der Waals surface area contributed by atoms with E-state index in [1.165, 1.54) is 37.5 Å². The van der Waals surface area contributed by atoms with Crippen LogP contribution in [0.1, 0.15) is 80.0 Å². The van der Waals surface area contributed by atoms with Gasteiger partial charge in [-0.25, -0.2) is 0 Å². The fraction of sp³-hybridized carbons (Fsp3) is 0.375. The highest BCUT2D eigenvalue weighted by Gasteiger charge is 2.15. The molecule has 1 amide bonds. The maximum atomic E-state index is 12.4. The van der Waals surface area contributed by atoms with Crippen LogP contribution in [0.2, 0.25) is 0 Å². The average molecular weight is 502 g/mol. The van der Waals surface area contributed by atoms with Crippen molar-refractivity contribution < 1.29 is 19.1 Å². The van der Waals surface area contributed by atoms with Crippen LogP contribution in [0.25, 0.3) is 11.1 Å². The predicted molar refractivity (Wildman–Crippen MR) is 149 cm³/mol. The molecule has 3 aromatic carbocycles. The molecule has 5 heteroatoms. The van der Waals surface area contributed by atoms with Gasteiger partial charge in [0.15, 0.2) is 0 Å². The Kier molecular flexibility index (Phi) is 11.2. The maximum absolute atomic E-state index is 12.4. The molecule has 0 saturated heterocycles. The second kappa shape index (κ2) is 14.8. The van der Waals surface area contributed by atoms with Gasteiger partial charge in [0, 0.05) is 12.1 Å². The van der Waals surface area contributed by atoms with Crippen LogP contribution in [0, 0.1) is 0 Å². The molecular weight excluding hydrogens is 462 g/mol. The number of hydrogen-bond acceptors (Lipinski definition) is 4. The first-order chi connectivity index (χ1) is 18.0. The lowest BCUT2D eigenvalue weighted by molar-refractivity contribution is -0.140. The van der Waals surface area contributed by atoms with Gasteiger partial charge in [0.1, 0.15) is 11.9 Å². The van der Waals surface area contributed by atoms with Crippen molar-refractivity contribution in [3.8, 4) is 16.9 Å². The summed E-state index contributed by atoms with van der Waals surface area (Å²) in [4.78, 5) is 23.7. The molecule has 1 unspecified atom stereocenters. The molecule has 3 aromatic rings. The second-order valence-corrected chi connectivity index (χ2v) is 9.23. The zero-order valence-corrected chi connectivity index (χ0v) is 22.3. The van der Waals surface area contributed by atoms with E-state index in [0.717, 1.165) is 36.1 Å². The summed E-state index contributed by atoms with van der Waals surface area (Å²) in [5.74, 6) is 0.276. The quantitative estimate of drug-likeness (QED) is 0.186. The van der Waals surface area contributed by atoms with Crippen molar-refractivity contribution in [2.75, 3.05) is 13.7 Å². The molecule has 0 fully saturated rings. The summed E-state index contributed by atoms with van der Waals surface area (Å²) in [6.07, 6.45) is 6.65. The summed E-state index contributed by atoms with van der Waals surface area (Å²) < 4.78 is 11.1. The molecule has 0 aliphatic rings. The van der Waals surface area contributed by atoms with Crippen molar-refractivity contribution >= 4 is 11.9 Å². The Labute approximate surface area is 221 Å². The van der Waals surface area contributed by atoms with Gasteiger partial charge >= 0.3 is 5.97 Å². The van der Waals surface area contributed by atoms with E-state index < -0.39 is 0 Å². The molecule has 0 aromatic heterocycles. The van der Waals surface area contributed by atoms with Crippen LogP contribution >= 0.6 is 0 Å². The van der Waals surface area contributed by atoms with Crippen LogP contribution in [0.3, 0.4) is 0 Å². The van der Waals surface area contributed by atoms with E-state index in [0.29, 0.717) is 5.56 Å². The highest BCUT2D eigenvalue weighted by molar-refractivity contribution is 5.94. The van der Waals surface area contributed by atoms with Crippen LogP contribution in [0.5, 0.6) is 5.75 Å². The van der Waals surface area contributed by atoms with Gasteiger partial charge in [-0.3, -0.25) is 9.59 Å². The summed E-state index contributed by atoms with van der Waals surface area (Å²) in [5.41, 5.74) is 5.29. The monoisotopic (exact) mass is 501 g/mol. The molecule has 0 heterocycles. The van der Waals surface area contributed by atoms with Gasteiger partial charge in [0.05, 0.1) is 13.5 Å². The third-order valence-electron chi connectivity index (χ3n) is 6.54. The Morgan fingerprint density at radius 2 is 1.46 bits per heavy atom. The van der Waals surface area contributed by atoms with E-state index in [4.69, 9.17) is 4.74 Å². The molecular formula is C32H39NO4. The van der Waals surface area contributed by atoms with Crippen molar-refractivity contribution in [3.05, 3.63) is 89.5 Å². The number of benzene rings is 3. The second-order valence-electron chi connectivity index (χ2n) is 9.23.